The lowest BCUT2D eigenvalue weighted by Crippen LogP contribution is -2.22. The van der Waals surface area contributed by atoms with Gasteiger partial charge in [0.05, 0.1) is 5.92 Å². The van der Waals surface area contributed by atoms with Crippen molar-refractivity contribution in [3.05, 3.63) is 65.3 Å². The first-order valence-electron chi connectivity index (χ1n) is 14.8. The van der Waals surface area contributed by atoms with E-state index in [0.717, 1.165) is 56.8 Å². The molecule has 1 aromatic rings. The van der Waals surface area contributed by atoms with Crippen molar-refractivity contribution >= 4 is 5.97 Å². The van der Waals surface area contributed by atoms with E-state index in [2.05, 4.69) is 57.2 Å². The second-order valence-electron chi connectivity index (χ2n) is 11.5. The third-order valence-electron chi connectivity index (χ3n) is 8.11. The Morgan fingerprint density at radius 2 is 1.75 bits per heavy atom. The molecule has 1 aromatic carbocycles. The molecule has 198 valence electrons. The van der Waals surface area contributed by atoms with Crippen LogP contribution in [-0.2, 0) is 11.2 Å². The van der Waals surface area contributed by atoms with Crippen LogP contribution in [0.15, 0.2) is 59.7 Å². The third kappa shape index (κ3) is 10.5. The van der Waals surface area contributed by atoms with E-state index in [0.29, 0.717) is 5.75 Å². The zero-order chi connectivity index (χ0) is 25.6. The SMILES string of the molecule is CCCCCC1CCC(/C=C/CCc2ccc(OC(=O)C3CC=C(CCC=C(C)C)CC3)cc2)CC1. The van der Waals surface area contributed by atoms with E-state index < -0.39 is 0 Å². The Morgan fingerprint density at radius 3 is 2.42 bits per heavy atom. The predicted molar refractivity (Wildman–Crippen MR) is 153 cm³/mol. The molecule has 0 saturated heterocycles. The summed E-state index contributed by atoms with van der Waals surface area (Å²) < 4.78 is 5.71. The maximum Gasteiger partial charge on any atom is 0.314 e. The maximum absolute atomic E-state index is 12.6. The summed E-state index contributed by atoms with van der Waals surface area (Å²) in [6.45, 7) is 6.59. The van der Waals surface area contributed by atoms with Crippen molar-refractivity contribution in [1.29, 1.82) is 0 Å². The van der Waals surface area contributed by atoms with E-state index in [1.165, 1.54) is 68.1 Å². The number of allylic oxidation sites excluding steroid dienone is 6. The van der Waals surface area contributed by atoms with E-state index in [-0.39, 0.29) is 11.9 Å². The first-order valence-corrected chi connectivity index (χ1v) is 14.8. The number of benzene rings is 1. The highest BCUT2D eigenvalue weighted by molar-refractivity contribution is 5.75. The minimum atomic E-state index is -0.0784. The Morgan fingerprint density at radius 1 is 0.972 bits per heavy atom. The molecule has 1 fully saturated rings. The summed E-state index contributed by atoms with van der Waals surface area (Å²) in [5.41, 5.74) is 4.17. The average molecular weight is 491 g/mol. The minimum Gasteiger partial charge on any atom is -0.426 e. The van der Waals surface area contributed by atoms with Crippen LogP contribution in [0.4, 0.5) is 0 Å². The number of esters is 1. The highest BCUT2D eigenvalue weighted by Crippen LogP contribution is 2.33. The predicted octanol–water partition coefficient (Wildman–Crippen LogP) is 9.94. The van der Waals surface area contributed by atoms with Crippen molar-refractivity contribution in [3.8, 4) is 5.75 Å². The summed E-state index contributed by atoms with van der Waals surface area (Å²) in [7, 11) is 0. The van der Waals surface area contributed by atoms with E-state index in [1.807, 2.05) is 12.1 Å². The number of hydrogen-bond donors (Lipinski definition) is 0. The quantitative estimate of drug-likeness (QED) is 0.119. The average Bonchev–Trinajstić information content (AvgIpc) is 2.89. The molecule has 2 aliphatic carbocycles. The summed E-state index contributed by atoms with van der Waals surface area (Å²) in [4.78, 5) is 12.6. The molecule has 0 aliphatic heterocycles. The molecular formula is C34H50O2. The molecule has 1 saturated carbocycles. The van der Waals surface area contributed by atoms with Gasteiger partial charge in [-0.2, -0.15) is 0 Å². The number of carbonyl (C=O) groups is 1. The van der Waals surface area contributed by atoms with Crippen LogP contribution in [0.2, 0.25) is 0 Å². The van der Waals surface area contributed by atoms with Gasteiger partial charge in [-0.15, -0.1) is 0 Å². The molecule has 3 rings (SSSR count). The Balaban J connectivity index is 1.32. The second kappa shape index (κ2) is 15.9. The molecule has 0 N–H and O–H groups in total. The van der Waals surface area contributed by atoms with Gasteiger partial charge in [0, 0.05) is 0 Å². The summed E-state index contributed by atoms with van der Waals surface area (Å²) in [6.07, 6.45) is 27.7. The van der Waals surface area contributed by atoms with Gasteiger partial charge in [0.2, 0.25) is 0 Å². The van der Waals surface area contributed by atoms with Crippen molar-refractivity contribution in [3.63, 3.8) is 0 Å². The topological polar surface area (TPSA) is 26.3 Å². The molecule has 1 atom stereocenters. The Hall–Kier alpha value is -2.09. The monoisotopic (exact) mass is 490 g/mol. The van der Waals surface area contributed by atoms with E-state index in [9.17, 15) is 4.79 Å². The van der Waals surface area contributed by atoms with Crippen molar-refractivity contribution < 1.29 is 9.53 Å². The van der Waals surface area contributed by atoms with Crippen molar-refractivity contribution in [2.45, 2.75) is 117 Å². The van der Waals surface area contributed by atoms with Crippen LogP contribution in [-0.4, -0.2) is 5.97 Å². The van der Waals surface area contributed by atoms with Crippen molar-refractivity contribution in [1.82, 2.24) is 0 Å². The fraction of sp³-hybridized carbons (Fsp3) is 0.618. The molecule has 1 unspecified atom stereocenters. The fourth-order valence-electron chi connectivity index (χ4n) is 5.69. The van der Waals surface area contributed by atoms with Crippen LogP contribution in [0.5, 0.6) is 5.75 Å². The Labute approximate surface area is 221 Å². The van der Waals surface area contributed by atoms with Gasteiger partial charge in [-0.05, 0) is 114 Å². The molecule has 0 aromatic heterocycles. The lowest BCUT2D eigenvalue weighted by Gasteiger charge is -2.26. The zero-order valence-corrected chi connectivity index (χ0v) is 23.3. The van der Waals surface area contributed by atoms with Gasteiger partial charge < -0.3 is 4.74 Å². The highest BCUT2D eigenvalue weighted by atomic mass is 16.5. The van der Waals surface area contributed by atoms with Gasteiger partial charge in [-0.1, -0.05) is 80.2 Å². The van der Waals surface area contributed by atoms with Crippen molar-refractivity contribution in [2.24, 2.45) is 17.8 Å². The second-order valence-corrected chi connectivity index (χ2v) is 11.5. The number of carbonyl (C=O) groups excluding carboxylic acids is 1. The first-order chi connectivity index (χ1) is 17.5. The Kier molecular flexibility index (Phi) is 12.6. The molecule has 0 heterocycles. The standard InChI is InChI=1S/C34H50O2/c1-4-5-6-11-28-15-17-29(18-16-28)12-7-8-13-30-21-25-33(26-22-30)36-34(35)32-23-19-31(20-24-32)14-9-10-27(2)3/h7,10,12,19,21-22,25-26,28-29,32H,4-6,8-9,11,13-18,20,23-24H2,1-3H3/b12-7+. The first kappa shape index (κ1) is 28.5. The van der Waals surface area contributed by atoms with E-state index in [4.69, 9.17) is 4.74 Å². The minimum absolute atomic E-state index is 0.00609. The number of rotatable bonds is 13. The summed E-state index contributed by atoms with van der Waals surface area (Å²) in [5.74, 6) is 2.36. The number of aryl methyl sites for hydroxylation is 1. The van der Waals surface area contributed by atoms with Crippen LogP contribution < -0.4 is 4.74 Å². The molecule has 0 amide bonds. The maximum atomic E-state index is 12.6. The largest absolute Gasteiger partial charge is 0.426 e. The summed E-state index contributed by atoms with van der Waals surface area (Å²) in [5, 5.41) is 0. The van der Waals surface area contributed by atoms with E-state index in [1.54, 1.807) is 0 Å². The van der Waals surface area contributed by atoms with Crippen LogP contribution >= 0.6 is 0 Å². The Bertz CT molecular complexity index is 861. The molecule has 0 radical (unpaired) electrons. The van der Waals surface area contributed by atoms with Gasteiger partial charge in [0.15, 0.2) is 0 Å². The van der Waals surface area contributed by atoms with E-state index >= 15 is 0 Å². The molecular weight excluding hydrogens is 440 g/mol. The highest BCUT2D eigenvalue weighted by Gasteiger charge is 2.23. The van der Waals surface area contributed by atoms with Crippen LogP contribution in [0, 0.1) is 17.8 Å². The summed E-state index contributed by atoms with van der Waals surface area (Å²) >= 11 is 0. The van der Waals surface area contributed by atoms with Gasteiger partial charge in [-0.25, -0.2) is 0 Å². The van der Waals surface area contributed by atoms with Gasteiger partial charge in [-0.3, -0.25) is 4.79 Å². The number of unbranched alkanes of at least 4 members (excludes halogenated alkanes) is 2. The van der Waals surface area contributed by atoms with Gasteiger partial charge in [0.1, 0.15) is 5.75 Å². The lowest BCUT2D eigenvalue weighted by atomic mass is 9.79. The van der Waals surface area contributed by atoms with Gasteiger partial charge in [0.25, 0.3) is 0 Å². The van der Waals surface area contributed by atoms with Crippen molar-refractivity contribution in [2.75, 3.05) is 0 Å². The molecule has 36 heavy (non-hydrogen) atoms. The zero-order valence-electron chi connectivity index (χ0n) is 23.3. The molecule has 2 nitrogen and oxygen atoms in total. The molecule has 0 spiro atoms. The number of hydrogen-bond acceptors (Lipinski definition) is 2. The molecule has 0 bridgehead atoms. The lowest BCUT2D eigenvalue weighted by molar-refractivity contribution is -0.139. The summed E-state index contributed by atoms with van der Waals surface area (Å²) in [6, 6.07) is 8.14. The molecule has 2 aliphatic rings. The van der Waals surface area contributed by atoms with Crippen LogP contribution in [0.1, 0.15) is 116 Å². The van der Waals surface area contributed by atoms with Crippen LogP contribution in [0.25, 0.3) is 0 Å². The molecule has 2 heteroatoms. The number of ether oxygens (including phenoxy) is 1. The fourth-order valence-corrected chi connectivity index (χ4v) is 5.69. The smallest absolute Gasteiger partial charge is 0.314 e. The van der Waals surface area contributed by atoms with Gasteiger partial charge >= 0.3 is 5.97 Å². The third-order valence-corrected chi connectivity index (χ3v) is 8.11. The van der Waals surface area contributed by atoms with Crippen LogP contribution in [0.3, 0.4) is 0 Å². The normalized spacial score (nSPS) is 22.3.